The number of sulfonamides is 1. The van der Waals surface area contributed by atoms with Crippen LogP contribution in [0.3, 0.4) is 0 Å². The van der Waals surface area contributed by atoms with Gasteiger partial charge in [-0.1, -0.05) is 0 Å². The molecule has 29 heavy (non-hydrogen) atoms. The number of amidine groups is 1. The monoisotopic (exact) mass is 430 g/mol. The van der Waals surface area contributed by atoms with Crippen LogP contribution in [0.2, 0.25) is 0 Å². The SMILES string of the molecule is CCOC(=O)C1C(=N)C(=NCC(O)COc2nc(CN(C)C)c(C)[nH]2)NS1(=O)=O. The molecule has 162 valence electrons. The highest BCUT2D eigenvalue weighted by atomic mass is 32.2. The maximum absolute atomic E-state index is 12.0. The Labute approximate surface area is 168 Å². The fourth-order valence-electron chi connectivity index (χ4n) is 2.52. The number of aliphatic hydroxyl groups excluding tert-OH is 1. The minimum atomic E-state index is -4.13. The van der Waals surface area contributed by atoms with Crippen molar-refractivity contribution in [3.63, 3.8) is 0 Å². The number of imidazole rings is 1. The molecule has 2 heterocycles. The number of H-pyrrole nitrogens is 1. The zero-order chi connectivity index (χ0) is 21.8. The van der Waals surface area contributed by atoms with Crippen LogP contribution < -0.4 is 9.46 Å². The Morgan fingerprint density at radius 1 is 1.45 bits per heavy atom. The van der Waals surface area contributed by atoms with Crippen LogP contribution in [-0.2, 0) is 26.1 Å². The Kier molecular flexibility index (Phi) is 7.32. The first-order valence-corrected chi connectivity index (χ1v) is 10.4. The van der Waals surface area contributed by atoms with Crippen LogP contribution in [0.4, 0.5) is 0 Å². The second-order valence-corrected chi connectivity index (χ2v) is 8.46. The number of carbonyl (C=O) groups is 1. The van der Waals surface area contributed by atoms with Crippen molar-refractivity contribution in [1.29, 1.82) is 5.41 Å². The quantitative estimate of drug-likeness (QED) is 0.354. The van der Waals surface area contributed by atoms with E-state index in [9.17, 15) is 18.3 Å². The van der Waals surface area contributed by atoms with Crippen molar-refractivity contribution >= 4 is 27.5 Å². The van der Waals surface area contributed by atoms with Gasteiger partial charge in [-0.05, 0) is 27.9 Å². The number of aryl methyl sites for hydroxylation is 1. The van der Waals surface area contributed by atoms with Gasteiger partial charge in [0.15, 0.2) is 5.84 Å². The van der Waals surface area contributed by atoms with Crippen molar-refractivity contribution in [3.05, 3.63) is 11.4 Å². The van der Waals surface area contributed by atoms with Gasteiger partial charge in [0.2, 0.25) is 5.25 Å². The molecule has 1 aliphatic heterocycles. The second-order valence-electron chi connectivity index (χ2n) is 6.70. The molecule has 2 unspecified atom stereocenters. The van der Waals surface area contributed by atoms with E-state index in [0.717, 1.165) is 11.4 Å². The van der Waals surface area contributed by atoms with Crippen molar-refractivity contribution in [3.8, 4) is 6.01 Å². The van der Waals surface area contributed by atoms with Crippen molar-refractivity contribution in [2.75, 3.05) is 33.9 Å². The van der Waals surface area contributed by atoms with Crippen LogP contribution >= 0.6 is 0 Å². The van der Waals surface area contributed by atoms with Crippen molar-refractivity contribution in [1.82, 2.24) is 19.6 Å². The van der Waals surface area contributed by atoms with E-state index in [-0.39, 0.29) is 31.6 Å². The number of hydrogen-bond acceptors (Lipinski definition) is 10. The molecule has 2 rings (SSSR count). The molecule has 1 aliphatic rings. The van der Waals surface area contributed by atoms with Gasteiger partial charge in [0.25, 0.3) is 16.0 Å². The Balaban J connectivity index is 1.94. The lowest BCUT2D eigenvalue weighted by molar-refractivity contribution is -0.141. The molecule has 0 spiro atoms. The summed E-state index contributed by atoms with van der Waals surface area (Å²) in [4.78, 5) is 24.9. The summed E-state index contributed by atoms with van der Waals surface area (Å²) >= 11 is 0. The van der Waals surface area contributed by atoms with Gasteiger partial charge in [0.05, 0.1) is 18.8 Å². The highest BCUT2D eigenvalue weighted by molar-refractivity contribution is 7.93. The first-order valence-electron chi connectivity index (χ1n) is 8.87. The zero-order valence-electron chi connectivity index (χ0n) is 16.7. The topological polar surface area (TPSA) is 170 Å². The van der Waals surface area contributed by atoms with Gasteiger partial charge in [0.1, 0.15) is 18.4 Å². The fourth-order valence-corrected chi connectivity index (χ4v) is 3.83. The van der Waals surface area contributed by atoms with Gasteiger partial charge in [-0.25, -0.2) is 8.42 Å². The number of aliphatic imine (C=N–C) groups is 1. The molecule has 1 aromatic rings. The fraction of sp³-hybridized carbons (Fsp3) is 0.625. The first kappa shape index (κ1) is 22.8. The summed E-state index contributed by atoms with van der Waals surface area (Å²) in [6.45, 7) is 3.63. The molecule has 0 aromatic carbocycles. The number of hydrogen-bond donors (Lipinski definition) is 4. The number of esters is 1. The van der Waals surface area contributed by atoms with E-state index in [1.165, 1.54) is 6.92 Å². The van der Waals surface area contributed by atoms with E-state index in [1.54, 1.807) is 0 Å². The number of nitrogens with one attached hydrogen (secondary N) is 3. The molecule has 1 saturated heterocycles. The standard InChI is InChI=1S/C16H26N6O6S/c1-5-27-15(24)13-12(17)14(21-29(13,25)26)18-6-10(23)8-28-16-19-9(2)11(20-16)7-22(3)4/h10,13,17,23H,5-8H2,1-4H3,(H,18,21)(H,19,20). The third-order valence-corrected chi connectivity index (χ3v) is 5.40. The molecule has 1 fully saturated rings. The first-order chi connectivity index (χ1) is 13.5. The molecule has 2 atom stereocenters. The summed E-state index contributed by atoms with van der Waals surface area (Å²) in [5.41, 5.74) is 1.15. The predicted molar refractivity (Wildman–Crippen MR) is 105 cm³/mol. The van der Waals surface area contributed by atoms with Gasteiger partial charge in [-0.3, -0.25) is 19.9 Å². The third kappa shape index (κ3) is 5.74. The predicted octanol–water partition coefficient (Wildman–Crippen LogP) is -1.20. The Morgan fingerprint density at radius 2 is 2.14 bits per heavy atom. The number of aromatic amines is 1. The lowest BCUT2D eigenvalue weighted by Gasteiger charge is -2.09. The normalized spacial score (nSPS) is 20.7. The lowest BCUT2D eigenvalue weighted by atomic mass is 10.2. The van der Waals surface area contributed by atoms with E-state index in [2.05, 4.69) is 15.0 Å². The highest BCUT2D eigenvalue weighted by Gasteiger charge is 2.47. The number of aromatic nitrogens is 2. The molecule has 0 amide bonds. The average Bonchev–Trinajstić information content (AvgIpc) is 3.06. The van der Waals surface area contributed by atoms with E-state index in [0.29, 0.717) is 6.54 Å². The Morgan fingerprint density at radius 3 is 2.76 bits per heavy atom. The maximum Gasteiger partial charge on any atom is 0.332 e. The molecular formula is C16H26N6O6S. The minimum Gasteiger partial charge on any atom is -0.465 e. The number of ether oxygens (including phenoxy) is 2. The molecule has 1 aromatic heterocycles. The number of carbonyl (C=O) groups excluding carboxylic acids is 1. The van der Waals surface area contributed by atoms with Gasteiger partial charge >= 0.3 is 5.97 Å². The van der Waals surface area contributed by atoms with Crippen LogP contribution in [0.1, 0.15) is 18.3 Å². The summed E-state index contributed by atoms with van der Waals surface area (Å²) in [5, 5.41) is 16.2. The van der Waals surface area contributed by atoms with Gasteiger partial charge < -0.3 is 24.5 Å². The van der Waals surface area contributed by atoms with Crippen LogP contribution in [0.25, 0.3) is 0 Å². The Hall–Kier alpha value is -2.51. The molecule has 0 aliphatic carbocycles. The molecule has 0 bridgehead atoms. The van der Waals surface area contributed by atoms with Crippen LogP contribution in [0.5, 0.6) is 6.01 Å². The largest absolute Gasteiger partial charge is 0.465 e. The molecule has 13 heteroatoms. The van der Waals surface area contributed by atoms with Crippen molar-refractivity contribution < 1.29 is 27.8 Å². The second kappa shape index (κ2) is 9.33. The zero-order valence-corrected chi connectivity index (χ0v) is 17.5. The summed E-state index contributed by atoms with van der Waals surface area (Å²) < 4.78 is 36.2. The third-order valence-electron chi connectivity index (χ3n) is 3.87. The maximum atomic E-state index is 12.0. The highest BCUT2D eigenvalue weighted by Crippen LogP contribution is 2.14. The molecule has 12 nitrogen and oxygen atoms in total. The smallest absolute Gasteiger partial charge is 0.332 e. The molecule has 0 radical (unpaired) electrons. The van der Waals surface area contributed by atoms with E-state index >= 15 is 0 Å². The van der Waals surface area contributed by atoms with Crippen LogP contribution in [-0.4, -0.2) is 91.1 Å². The van der Waals surface area contributed by atoms with Gasteiger partial charge in [0, 0.05) is 12.2 Å². The Bertz CT molecular complexity index is 894. The van der Waals surface area contributed by atoms with E-state index < -0.39 is 33.1 Å². The summed E-state index contributed by atoms with van der Waals surface area (Å²) in [7, 11) is -0.303. The number of nitrogens with zero attached hydrogens (tertiary/aromatic N) is 3. The molecular weight excluding hydrogens is 404 g/mol. The summed E-state index contributed by atoms with van der Waals surface area (Å²) in [6.07, 6.45) is -1.08. The summed E-state index contributed by atoms with van der Waals surface area (Å²) in [5.74, 6) is -1.34. The number of aliphatic hydroxyl groups is 1. The summed E-state index contributed by atoms with van der Waals surface area (Å²) in [6, 6.07) is 0.253. The molecule has 4 N–H and O–H groups in total. The minimum absolute atomic E-state index is 0.0107. The van der Waals surface area contributed by atoms with Gasteiger partial charge in [-0.15, -0.1) is 0 Å². The van der Waals surface area contributed by atoms with Crippen LogP contribution in [0, 0.1) is 12.3 Å². The number of rotatable bonds is 9. The van der Waals surface area contributed by atoms with Gasteiger partial charge in [-0.2, -0.15) is 4.98 Å². The van der Waals surface area contributed by atoms with Crippen molar-refractivity contribution in [2.24, 2.45) is 4.99 Å². The molecule has 0 saturated carbocycles. The van der Waals surface area contributed by atoms with E-state index in [1.807, 2.05) is 30.6 Å². The lowest BCUT2D eigenvalue weighted by Crippen LogP contribution is -2.35. The van der Waals surface area contributed by atoms with Crippen LogP contribution in [0.15, 0.2) is 4.99 Å². The van der Waals surface area contributed by atoms with Crippen molar-refractivity contribution in [2.45, 2.75) is 31.7 Å². The van der Waals surface area contributed by atoms with E-state index in [4.69, 9.17) is 14.9 Å². The average molecular weight is 430 g/mol.